The monoisotopic (exact) mass is 285 g/mol. The second-order valence-electron chi connectivity index (χ2n) is 3.41. The fourth-order valence-electron chi connectivity index (χ4n) is 1.29. The third-order valence-corrected chi connectivity index (χ3v) is 2.79. The summed E-state index contributed by atoms with van der Waals surface area (Å²) in [5.41, 5.74) is -0.455. The van der Waals surface area contributed by atoms with Crippen LogP contribution in [-0.2, 0) is 19.7 Å². The predicted molar refractivity (Wildman–Crippen MR) is 56.3 cm³/mol. The van der Waals surface area contributed by atoms with E-state index in [1.54, 1.807) is 0 Å². The Balaban J connectivity index is 2.36. The van der Waals surface area contributed by atoms with Gasteiger partial charge in [-0.2, -0.15) is 0 Å². The zero-order valence-electron chi connectivity index (χ0n) is 9.00. The molecule has 2 N–H and O–H groups in total. The van der Waals surface area contributed by atoms with Gasteiger partial charge in [0.1, 0.15) is 11.3 Å². The molecule has 19 heavy (non-hydrogen) atoms. The fraction of sp³-hybridized carbons (Fsp3) is 0. The van der Waals surface area contributed by atoms with E-state index < -0.39 is 38.6 Å². The van der Waals surface area contributed by atoms with Crippen molar-refractivity contribution >= 4 is 34.0 Å². The summed E-state index contributed by atoms with van der Waals surface area (Å²) >= 11 is 0. The highest BCUT2D eigenvalue weighted by Gasteiger charge is 2.28. The molecule has 1 fully saturated rings. The molecule has 100 valence electrons. The van der Waals surface area contributed by atoms with E-state index in [1.165, 1.54) is 0 Å². The van der Waals surface area contributed by atoms with Gasteiger partial charge in [0.25, 0.3) is 11.8 Å². The highest BCUT2D eigenvalue weighted by Crippen LogP contribution is 2.16. The maximum absolute atomic E-state index is 11.3. The number of hydrogen-bond acceptors (Lipinski definition) is 7. The van der Waals surface area contributed by atoms with Crippen molar-refractivity contribution in [3.8, 4) is 0 Å². The van der Waals surface area contributed by atoms with Crippen LogP contribution in [0, 0.1) is 0 Å². The van der Waals surface area contributed by atoms with Gasteiger partial charge in [0.2, 0.25) is 5.09 Å². The summed E-state index contributed by atoms with van der Waals surface area (Å²) in [4.78, 5) is 33.5. The molecule has 1 aromatic heterocycles. The van der Waals surface area contributed by atoms with Gasteiger partial charge in [-0.1, -0.05) is 0 Å². The summed E-state index contributed by atoms with van der Waals surface area (Å²) in [6, 6.07) is 1.02. The van der Waals surface area contributed by atoms with Crippen molar-refractivity contribution in [2.75, 3.05) is 0 Å². The van der Waals surface area contributed by atoms with Gasteiger partial charge in [-0.3, -0.25) is 20.2 Å². The summed E-state index contributed by atoms with van der Waals surface area (Å²) in [6.45, 7) is 0. The predicted octanol–water partition coefficient (Wildman–Crippen LogP) is -1.07. The molecule has 2 rings (SSSR count). The van der Waals surface area contributed by atoms with E-state index in [1.807, 2.05) is 10.6 Å². The molecule has 10 heteroatoms. The minimum atomic E-state index is -4.76. The summed E-state index contributed by atoms with van der Waals surface area (Å²) in [6.07, 6.45) is 0.909. The van der Waals surface area contributed by atoms with Crippen molar-refractivity contribution in [3.05, 3.63) is 23.5 Å². The normalized spacial score (nSPS) is 16.1. The molecular weight excluding hydrogens is 280 g/mol. The fourth-order valence-corrected chi connectivity index (χ4v) is 1.73. The number of amides is 4. The molecule has 0 aromatic carbocycles. The third kappa shape index (κ3) is 2.69. The number of hydrogen-bond donors (Lipinski definition) is 2. The van der Waals surface area contributed by atoms with Gasteiger partial charge < -0.3 is 8.97 Å². The summed E-state index contributed by atoms with van der Waals surface area (Å²) in [7, 11) is -4.76. The van der Waals surface area contributed by atoms with Gasteiger partial charge in [-0.15, -0.1) is 0 Å². The van der Waals surface area contributed by atoms with E-state index in [2.05, 4.69) is 4.42 Å². The molecule has 1 saturated heterocycles. The van der Waals surface area contributed by atoms with Crippen molar-refractivity contribution in [1.29, 1.82) is 0 Å². The van der Waals surface area contributed by atoms with E-state index in [0.717, 1.165) is 18.2 Å². The van der Waals surface area contributed by atoms with Crippen molar-refractivity contribution in [1.82, 2.24) is 10.6 Å². The lowest BCUT2D eigenvalue weighted by molar-refractivity contribution is -0.123. The Morgan fingerprint density at radius 3 is 2.16 bits per heavy atom. The van der Waals surface area contributed by atoms with Crippen LogP contribution in [0.3, 0.4) is 0 Å². The number of barbiturate groups is 1. The zero-order valence-corrected chi connectivity index (χ0v) is 9.81. The number of urea groups is 1. The lowest BCUT2D eigenvalue weighted by Gasteiger charge is -2.13. The first kappa shape index (κ1) is 13.0. The number of rotatable bonds is 2. The van der Waals surface area contributed by atoms with Gasteiger partial charge >= 0.3 is 6.03 Å². The first-order valence-electron chi connectivity index (χ1n) is 4.71. The number of carbonyl (C=O) groups excluding carboxylic acids is 3. The molecule has 0 spiro atoms. The highest BCUT2D eigenvalue weighted by molar-refractivity contribution is 7.85. The van der Waals surface area contributed by atoms with Gasteiger partial charge in [0.15, 0.2) is 10.1 Å². The van der Waals surface area contributed by atoms with Crippen LogP contribution in [0.15, 0.2) is 27.2 Å². The summed E-state index contributed by atoms with van der Waals surface area (Å²) in [5, 5.41) is 2.79. The Labute approximate surface area is 106 Å². The first-order valence-corrected chi connectivity index (χ1v) is 6.12. The molecule has 0 atom stereocenters. The number of carbonyl (C=O) groups is 3. The Morgan fingerprint density at radius 2 is 1.68 bits per heavy atom. The third-order valence-electron chi connectivity index (χ3n) is 2.08. The van der Waals surface area contributed by atoms with Crippen molar-refractivity contribution < 1.29 is 31.8 Å². The Bertz CT molecular complexity index is 691. The van der Waals surface area contributed by atoms with Crippen LogP contribution in [0.2, 0.25) is 0 Å². The maximum Gasteiger partial charge on any atom is 0.328 e. The van der Waals surface area contributed by atoms with Gasteiger partial charge in [0.05, 0.1) is 0 Å². The highest BCUT2D eigenvalue weighted by atomic mass is 32.2. The Hall–Kier alpha value is -2.46. The minimum absolute atomic E-state index is 0.191. The first-order chi connectivity index (χ1) is 8.77. The van der Waals surface area contributed by atoms with Crippen LogP contribution in [0.1, 0.15) is 5.76 Å². The maximum atomic E-state index is 11.3. The molecule has 4 amide bonds. The average Bonchev–Trinajstić information content (AvgIpc) is 2.71. The second-order valence-corrected chi connectivity index (χ2v) is 4.72. The molecule has 1 aliphatic heterocycles. The second kappa shape index (κ2) is 4.33. The van der Waals surface area contributed by atoms with E-state index in [9.17, 15) is 27.4 Å². The number of furan rings is 1. The molecular formula is C9H5N2O7S-. The van der Waals surface area contributed by atoms with Gasteiger partial charge in [-0.25, -0.2) is 13.2 Å². The molecule has 0 saturated carbocycles. The summed E-state index contributed by atoms with van der Waals surface area (Å²) in [5.74, 6) is -2.11. The molecule has 0 radical (unpaired) electrons. The molecule has 1 aliphatic rings. The number of nitrogens with one attached hydrogen (secondary N) is 2. The lowest BCUT2D eigenvalue weighted by Crippen LogP contribution is -2.51. The van der Waals surface area contributed by atoms with E-state index in [-0.39, 0.29) is 5.76 Å². The van der Waals surface area contributed by atoms with Gasteiger partial charge in [0, 0.05) is 0 Å². The Morgan fingerprint density at radius 1 is 1.11 bits per heavy atom. The molecule has 1 aromatic rings. The van der Waals surface area contributed by atoms with Crippen LogP contribution in [-0.4, -0.2) is 30.8 Å². The average molecular weight is 285 g/mol. The number of imide groups is 2. The standard InChI is InChI=1S/C9H6N2O7S/c12-7-5(8(13)11-9(14)10-7)3-4-1-2-6(18-4)19(15,16)17/h1-3H,(H,15,16,17)(H2,10,11,12,13,14)/p-1. The van der Waals surface area contributed by atoms with Crippen molar-refractivity contribution in [2.24, 2.45) is 0 Å². The topological polar surface area (TPSA) is 146 Å². The van der Waals surface area contributed by atoms with Crippen molar-refractivity contribution in [2.45, 2.75) is 5.09 Å². The SMILES string of the molecule is O=C1NC(=O)C(=Cc2ccc(S(=O)(=O)[O-])o2)C(=O)N1. The molecule has 0 unspecified atom stereocenters. The van der Waals surface area contributed by atoms with Crippen LogP contribution in [0.5, 0.6) is 0 Å². The minimum Gasteiger partial charge on any atom is -0.742 e. The Kier molecular flexibility index (Phi) is 2.96. The quantitative estimate of drug-likeness (QED) is 0.399. The van der Waals surface area contributed by atoms with E-state index in [4.69, 9.17) is 0 Å². The van der Waals surface area contributed by atoms with Crippen molar-refractivity contribution in [3.63, 3.8) is 0 Å². The van der Waals surface area contributed by atoms with E-state index in [0.29, 0.717) is 0 Å². The largest absolute Gasteiger partial charge is 0.742 e. The van der Waals surface area contributed by atoms with Crippen LogP contribution >= 0.6 is 0 Å². The molecule has 9 nitrogen and oxygen atoms in total. The van der Waals surface area contributed by atoms with Gasteiger partial charge in [-0.05, 0) is 18.2 Å². The summed E-state index contributed by atoms with van der Waals surface area (Å²) < 4.78 is 36.6. The molecule has 0 aliphatic carbocycles. The van der Waals surface area contributed by atoms with Crippen LogP contribution in [0.4, 0.5) is 4.79 Å². The smallest absolute Gasteiger partial charge is 0.328 e. The zero-order chi connectivity index (χ0) is 14.2. The molecule has 0 bridgehead atoms. The lowest BCUT2D eigenvalue weighted by atomic mass is 10.1. The van der Waals surface area contributed by atoms with Crippen LogP contribution < -0.4 is 10.6 Å². The van der Waals surface area contributed by atoms with Crippen LogP contribution in [0.25, 0.3) is 6.08 Å². The van der Waals surface area contributed by atoms with E-state index >= 15 is 0 Å². The molecule has 2 heterocycles.